The molecule has 18 heavy (non-hydrogen) atoms. The number of nitrogens with one attached hydrogen (secondary N) is 1. The zero-order chi connectivity index (χ0) is 13.0. The van der Waals surface area contributed by atoms with Gasteiger partial charge in [-0.2, -0.15) is 0 Å². The van der Waals surface area contributed by atoms with Crippen molar-refractivity contribution < 1.29 is 0 Å². The Kier molecular flexibility index (Phi) is 4.60. The Bertz CT molecular complexity index is 420. The van der Waals surface area contributed by atoms with E-state index in [-0.39, 0.29) is 0 Å². The van der Waals surface area contributed by atoms with E-state index < -0.39 is 0 Å². The van der Waals surface area contributed by atoms with Crippen LogP contribution in [0.5, 0.6) is 0 Å². The minimum absolute atomic E-state index is 0.560. The molecular formula is C17H25N. The molecule has 1 fully saturated rings. The van der Waals surface area contributed by atoms with Crippen molar-refractivity contribution in [3.05, 3.63) is 41.0 Å². The zero-order valence-electron chi connectivity index (χ0n) is 11.9. The molecule has 1 N–H and O–H groups in total. The van der Waals surface area contributed by atoms with Crippen LogP contribution < -0.4 is 5.32 Å². The normalized spacial score (nSPS) is 24.6. The van der Waals surface area contributed by atoms with Crippen LogP contribution >= 0.6 is 0 Å². The van der Waals surface area contributed by atoms with E-state index in [0.717, 1.165) is 5.92 Å². The van der Waals surface area contributed by atoms with E-state index >= 15 is 0 Å². The molecule has 1 heterocycles. The summed E-state index contributed by atoms with van der Waals surface area (Å²) in [5, 5.41) is 3.60. The van der Waals surface area contributed by atoms with Crippen molar-refractivity contribution in [1.29, 1.82) is 0 Å². The van der Waals surface area contributed by atoms with Gasteiger partial charge in [0.2, 0.25) is 0 Å². The van der Waals surface area contributed by atoms with Gasteiger partial charge in [0.15, 0.2) is 0 Å². The number of piperidine rings is 1. The largest absolute Gasteiger partial charge is 0.310 e. The molecule has 0 aliphatic carbocycles. The average Bonchev–Trinajstić information content (AvgIpc) is 2.38. The van der Waals surface area contributed by atoms with E-state index in [9.17, 15) is 0 Å². The fourth-order valence-electron chi connectivity index (χ4n) is 2.78. The van der Waals surface area contributed by atoms with Crippen molar-refractivity contribution >= 4 is 6.08 Å². The first-order valence-electron chi connectivity index (χ1n) is 7.18. The Morgan fingerprint density at radius 2 is 2.17 bits per heavy atom. The van der Waals surface area contributed by atoms with Crippen LogP contribution in [0.4, 0.5) is 0 Å². The lowest BCUT2D eigenvalue weighted by molar-refractivity contribution is 0.326. The lowest BCUT2D eigenvalue weighted by atomic mass is 9.90. The summed E-state index contributed by atoms with van der Waals surface area (Å²) in [5.74, 6) is 0.903. The second-order valence-corrected chi connectivity index (χ2v) is 5.58. The summed E-state index contributed by atoms with van der Waals surface area (Å²) in [6, 6.07) is 7.23. The summed E-state index contributed by atoms with van der Waals surface area (Å²) in [6.07, 6.45) is 8.57. The van der Waals surface area contributed by atoms with Gasteiger partial charge in [0.1, 0.15) is 0 Å². The van der Waals surface area contributed by atoms with Crippen LogP contribution in [0.15, 0.2) is 24.3 Å². The van der Waals surface area contributed by atoms with Gasteiger partial charge >= 0.3 is 0 Å². The molecule has 1 aromatic carbocycles. The Labute approximate surface area is 111 Å². The van der Waals surface area contributed by atoms with Crippen LogP contribution in [0, 0.1) is 19.8 Å². The SMILES string of the molecule is CCC1CCNC(/C=C/c2ccc(C)cc2C)C1. The van der Waals surface area contributed by atoms with E-state index in [0.29, 0.717) is 6.04 Å². The highest BCUT2D eigenvalue weighted by Gasteiger charge is 2.17. The minimum atomic E-state index is 0.560. The lowest BCUT2D eigenvalue weighted by Gasteiger charge is -2.27. The van der Waals surface area contributed by atoms with Crippen molar-refractivity contribution in [3.8, 4) is 0 Å². The second kappa shape index (κ2) is 6.19. The van der Waals surface area contributed by atoms with E-state index in [1.807, 2.05) is 0 Å². The van der Waals surface area contributed by atoms with E-state index in [4.69, 9.17) is 0 Å². The van der Waals surface area contributed by atoms with Crippen LogP contribution in [-0.2, 0) is 0 Å². The van der Waals surface area contributed by atoms with Crippen molar-refractivity contribution in [2.75, 3.05) is 6.54 Å². The molecule has 2 unspecified atom stereocenters. The Morgan fingerprint density at radius 1 is 1.33 bits per heavy atom. The number of aryl methyl sites for hydroxylation is 2. The quantitative estimate of drug-likeness (QED) is 0.843. The third-order valence-electron chi connectivity index (χ3n) is 4.06. The molecule has 2 rings (SSSR count). The van der Waals surface area contributed by atoms with Crippen molar-refractivity contribution in [2.45, 2.75) is 46.1 Å². The highest BCUT2D eigenvalue weighted by Crippen LogP contribution is 2.21. The molecule has 0 amide bonds. The van der Waals surface area contributed by atoms with Gasteiger partial charge in [-0.25, -0.2) is 0 Å². The predicted molar refractivity (Wildman–Crippen MR) is 79.8 cm³/mol. The summed E-state index contributed by atoms with van der Waals surface area (Å²) in [4.78, 5) is 0. The first kappa shape index (κ1) is 13.4. The molecule has 98 valence electrons. The Morgan fingerprint density at radius 3 is 2.89 bits per heavy atom. The maximum absolute atomic E-state index is 3.60. The van der Waals surface area contributed by atoms with Gasteiger partial charge in [-0.1, -0.05) is 49.3 Å². The minimum Gasteiger partial charge on any atom is -0.310 e. The maximum Gasteiger partial charge on any atom is 0.0255 e. The monoisotopic (exact) mass is 243 g/mol. The van der Waals surface area contributed by atoms with Crippen molar-refractivity contribution in [3.63, 3.8) is 0 Å². The summed E-state index contributed by atoms with van der Waals surface area (Å²) < 4.78 is 0. The van der Waals surface area contributed by atoms with E-state index in [2.05, 4.69) is 56.4 Å². The number of rotatable bonds is 3. The van der Waals surface area contributed by atoms with Gasteiger partial charge in [-0.3, -0.25) is 0 Å². The summed E-state index contributed by atoms with van der Waals surface area (Å²) >= 11 is 0. The molecule has 1 heteroatoms. The third kappa shape index (κ3) is 3.46. The molecule has 0 spiro atoms. The van der Waals surface area contributed by atoms with Gasteiger partial charge < -0.3 is 5.32 Å². The second-order valence-electron chi connectivity index (χ2n) is 5.58. The van der Waals surface area contributed by atoms with Gasteiger partial charge in [-0.15, -0.1) is 0 Å². The highest BCUT2D eigenvalue weighted by molar-refractivity contribution is 5.54. The van der Waals surface area contributed by atoms with Crippen molar-refractivity contribution in [2.24, 2.45) is 5.92 Å². The molecule has 1 saturated heterocycles. The smallest absolute Gasteiger partial charge is 0.0255 e. The van der Waals surface area contributed by atoms with Gasteiger partial charge in [0.25, 0.3) is 0 Å². The topological polar surface area (TPSA) is 12.0 Å². The predicted octanol–water partition coefficient (Wildman–Crippen LogP) is 4.09. The standard InChI is InChI=1S/C17H25N/c1-4-15-9-10-18-17(12-15)8-7-16-6-5-13(2)11-14(16)3/h5-8,11,15,17-18H,4,9-10,12H2,1-3H3/b8-7+. The van der Waals surface area contributed by atoms with E-state index in [1.165, 1.54) is 42.5 Å². The molecule has 0 saturated carbocycles. The molecular weight excluding hydrogens is 218 g/mol. The van der Waals surface area contributed by atoms with Gasteiger partial charge in [0.05, 0.1) is 0 Å². The fraction of sp³-hybridized carbons (Fsp3) is 0.529. The molecule has 0 bridgehead atoms. The summed E-state index contributed by atoms with van der Waals surface area (Å²) in [7, 11) is 0. The first-order chi connectivity index (χ1) is 8.69. The molecule has 1 aromatic rings. The Hall–Kier alpha value is -1.08. The van der Waals surface area contributed by atoms with Crippen LogP contribution in [0.2, 0.25) is 0 Å². The van der Waals surface area contributed by atoms with Crippen LogP contribution in [0.3, 0.4) is 0 Å². The number of hydrogen-bond acceptors (Lipinski definition) is 1. The summed E-state index contributed by atoms with van der Waals surface area (Å²) in [6.45, 7) is 7.81. The van der Waals surface area contributed by atoms with E-state index in [1.54, 1.807) is 0 Å². The van der Waals surface area contributed by atoms with Crippen molar-refractivity contribution in [1.82, 2.24) is 5.32 Å². The first-order valence-corrected chi connectivity index (χ1v) is 7.18. The summed E-state index contributed by atoms with van der Waals surface area (Å²) in [5.41, 5.74) is 4.06. The molecule has 1 aliphatic rings. The fourth-order valence-corrected chi connectivity index (χ4v) is 2.78. The third-order valence-corrected chi connectivity index (χ3v) is 4.06. The van der Waals surface area contributed by atoms with Crippen LogP contribution in [0.1, 0.15) is 42.9 Å². The number of hydrogen-bond donors (Lipinski definition) is 1. The molecule has 0 radical (unpaired) electrons. The molecule has 1 aliphatic heterocycles. The zero-order valence-corrected chi connectivity index (χ0v) is 11.9. The maximum atomic E-state index is 3.60. The Balaban J connectivity index is 2.01. The van der Waals surface area contributed by atoms with Gasteiger partial charge in [0, 0.05) is 6.04 Å². The highest BCUT2D eigenvalue weighted by atomic mass is 14.9. The number of benzene rings is 1. The molecule has 2 atom stereocenters. The molecule has 0 aromatic heterocycles. The van der Waals surface area contributed by atoms with Gasteiger partial charge in [-0.05, 0) is 50.3 Å². The lowest BCUT2D eigenvalue weighted by Crippen LogP contribution is -2.36. The van der Waals surface area contributed by atoms with Crippen LogP contribution in [-0.4, -0.2) is 12.6 Å². The van der Waals surface area contributed by atoms with Crippen LogP contribution in [0.25, 0.3) is 6.08 Å². The average molecular weight is 243 g/mol. The molecule has 1 nitrogen and oxygen atoms in total.